The van der Waals surface area contributed by atoms with Crippen LogP contribution in [0.4, 0.5) is 0 Å². The molecule has 0 saturated carbocycles. The SMILES string of the molecule is CCC(C(=O)N1CC[C@@H]2CNC[C@@H]2CC1)n1nnc(-c2ccc(Cl)cc2)n1.Cl. The maximum atomic E-state index is 13.2. The van der Waals surface area contributed by atoms with Crippen molar-refractivity contribution in [2.24, 2.45) is 11.8 Å². The van der Waals surface area contributed by atoms with E-state index in [1.165, 1.54) is 4.80 Å². The predicted molar refractivity (Wildman–Crippen MR) is 111 cm³/mol. The first-order chi connectivity index (χ1) is 13.2. The first kappa shape index (κ1) is 21.0. The summed E-state index contributed by atoms with van der Waals surface area (Å²) in [5, 5.41) is 16.9. The molecular weight excluding hydrogens is 399 g/mol. The van der Waals surface area contributed by atoms with Crippen molar-refractivity contribution in [2.45, 2.75) is 32.2 Å². The molecule has 3 heterocycles. The first-order valence-electron chi connectivity index (χ1n) is 9.70. The van der Waals surface area contributed by atoms with E-state index in [-0.39, 0.29) is 18.3 Å². The summed E-state index contributed by atoms with van der Waals surface area (Å²) in [5.74, 6) is 2.01. The van der Waals surface area contributed by atoms with Crippen LogP contribution in [0.15, 0.2) is 24.3 Å². The molecule has 1 N–H and O–H groups in total. The fraction of sp³-hybridized carbons (Fsp3) is 0.579. The Morgan fingerprint density at radius 3 is 2.46 bits per heavy atom. The van der Waals surface area contributed by atoms with Crippen molar-refractivity contribution in [3.05, 3.63) is 29.3 Å². The summed E-state index contributed by atoms with van der Waals surface area (Å²) in [6.07, 6.45) is 2.78. The van der Waals surface area contributed by atoms with Crippen LogP contribution in [0, 0.1) is 11.8 Å². The molecule has 4 rings (SSSR count). The number of rotatable bonds is 4. The number of benzene rings is 1. The molecule has 2 aromatic rings. The molecule has 28 heavy (non-hydrogen) atoms. The quantitative estimate of drug-likeness (QED) is 0.816. The Morgan fingerprint density at radius 2 is 1.86 bits per heavy atom. The maximum absolute atomic E-state index is 13.2. The zero-order valence-electron chi connectivity index (χ0n) is 15.9. The lowest BCUT2D eigenvalue weighted by molar-refractivity contribution is -0.135. The molecule has 1 unspecified atom stereocenters. The van der Waals surface area contributed by atoms with Crippen molar-refractivity contribution < 1.29 is 4.79 Å². The lowest BCUT2D eigenvalue weighted by Gasteiger charge is -2.25. The first-order valence-corrected chi connectivity index (χ1v) is 10.1. The van der Waals surface area contributed by atoms with Crippen LogP contribution < -0.4 is 5.32 Å². The van der Waals surface area contributed by atoms with E-state index in [1.807, 2.05) is 24.0 Å². The molecule has 0 radical (unpaired) electrons. The number of halogens is 2. The van der Waals surface area contributed by atoms with Gasteiger partial charge in [-0.05, 0) is 73.7 Å². The minimum Gasteiger partial charge on any atom is -0.341 e. The minimum atomic E-state index is -0.408. The molecule has 1 aromatic carbocycles. The summed E-state index contributed by atoms with van der Waals surface area (Å²) in [4.78, 5) is 16.6. The Balaban J connectivity index is 0.00000225. The van der Waals surface area contributed by atoms with Crippen LogP contribution >= 0.6 is 24.0 Å². The van der Waals surface area contributed by atoms with E-state index in [9.17, 15) is 4.79 Å². The van der Waals surface area contributed by atoms with Gasteiger partial charge in [0.2, 0.25) is 11.7 Å². The average molecular weight is 425 g/mol. The summed E-state index contributed by atoms with van der Waals surface area (Å²) in [7, 11) is 0. The number of carbonyl (C=O) groups is 1. The smallest absolute Gasteiger partial charge is 0.249 e. The van der Waals surface area contributed by atoms with Crippen LogP contribution in [-0.2, 0) is 4.79 Å². The van der Waals surface area contributed by atoms with Crippen molar-refractivity contribution in [3.8, 4) is 11.4 Å². The number of fused-ring (bicyclic) bond motifs is 1. The lowest BCUT2D eigenvalue weighted by Crippen LogP contribution is -2.39. The summed E-state index contributed by atoms with van der Waals surface area (Å²) in [6, 6.07) is 6.89. The highest BCUT2D eigenvalue weighted by atomic mass is 35.5. The predicted octanol–water partition coefficient (Wildman–Crippen LogP) is 2.82. The minimum absolute atomic E-state index is 0. The molecule has 2 fully saturated rings. The third-order valence-corrected chi connectivity index (χ3v) is 6.06. The van der Waals surface area contributed by atoms with E-state index in [2.05, 4.69) is 20.7 Å². The molecule has 1 aromatic heterocycles. The molecule has 9 heteroatoms. The molecule has 1 amide bonds. The van der Waals surface area contributed by atoms with Gasteiger partial charge in [0.25, 0.3) is 0 Å². The van der Waals surface area contributed by atoms with Gasteiger partial charge in [-0.15, -0.1) is 22.6 Å². The Labute approximate surface area is 176 Å². The highest BCUT2D eigenvalue weighted by Crippen LogP contribution is 2.28. The highest BCUT2D eigenvalue weighted by Gasteiger charge is 2.34. The molecule has 2 aliphatic rings. The van der Waals surface area contributed by atoms with Crippen molar-refractivity contribution >= 4 is 29.9 Å². The number of hydrogen-bond acceptors (Lipinski definition) is 5. The molecule has 0 aliphatic carbocycles. The van der Waals surface area contributed by atoms with Gasteiger partial charge in [-0.25, -0.2) is 0 Å². The second-order valence-electron chi connectivity index (χ2n) is 7.45. The van der Waals surface area contributed by atoms with Crippen molar-refractivity contribution in [1.29, 1.82) is 0 Å². The second-order valence-corrected chi connectivity index (χ2v) is 7.88. The van der Waals surface area contributed by atoms with E-state index in [1.54, 1.807) is 12.1 Å². The number of amides is 1. The molecule has 2 saturated heterocycles. The monoisotopic (exact) mass is 424 g/mol. The summed E-state index contributed by atoms with van der Waals surface area (Å²) in [5.41, 5.74) is 0.836. The van der Waals surface area contributed by atoms with Crippen LogP contribution in [0.3, 0.4) is 0 Å². The molecule has 0 spiro atoms. The second kappa shape index (κ2) is 9.20. The largest absolute Gasteiger partial charge is 0.341 e. The van der Waals surface area contributed by atoms with Gasteiger partial charge >= 0.3 is 0 Å². The third kappa shape index (κ3) is 4.31. The van der Waals surface area contributed by atoms with E-state index in [0.717, 1.165) is 44.6 Å². The maximum Gasteiger partial charge on any atom is 0.249 e. The van der Waals surface area contributed by atoms with E-state index >= 15 is 0 Å². The number of nitrogens with one attached hydrogen (secondary N) is 1. The standard InChI is InChI=1S/C19H25ClN6O.ClH/c1-2-17(19(27)25-9-7-14-11-21-12-15(14)8-10-25)26-23-18(22-24-26)13-3-5-16(20)6-4-13;/h3-6,14-15,17,21H,2,7-12H2,1H3;1H/t14-,15+,17?;. The number of nitrogens with zero attached hydrogens (tertiary/aromatic N) is 5. The number of aromatic nitrogens is 4. The van der Waals surface area contributed by atoms with Gasteiger partial charge in [-0.2, -0.15) is 4.80 Å². The van der Waals surface area contributed by atoms with Gasteiger partial charge in [0, 0.05) is 23.7 Å². The van der Waals surface area contributed by atoms with Crippen molar-refractivity contribution in [2.75, 3.05) is 26.2 Å². The molecule has 152 valence electrons. The Bertz CT molecular complexity index is 782. The molecular formula is C19H26Cl2N6O. The fourth-order valence-corrected chi connectivity index (χ4v) is 4.28. The fourth-order valence-electron chi connectivity index (χ4n) is 4.16. The van der Waals surface area contributed by atoms with Gasteiger partial charge in [-0.1, -0.05) is 18.5 Å². The van der Waals surface area contributed by atoms with Crippen LogP contribution in [0.25, 0.3) is 11.4 Å². The number of likely N-dealkylation sites (tertiary alicyclic amines) is 1. The van der Waals surface area contributed by atoms with Crippen LogP contribution in [0.5, 0.6) is 0 Å². The zero-order valence-corrected chi connectivity index (χ0v) is 17.5. The molecule has 7 nitrogen and oxygen atoms in total. The lowest BCUT2D eigenvalue weighted by atomic mass is 9.92. The topological polar surface area (TPSA) is 75.9 Å². The van der Waals surface area contributed by atoms with Crippen molar-refractivity contribution in [1.82, 2.24) is 30.4 Å². The third-order valence-electron chi connectivity index (χ3n) is 5.81. The molecule has 2 aliphatic heterocycles. The number of hydrogen-bond donors (Lipinski definition) is 1. The molecule has 0 bridgehead atoms. The Morgan fingerprint density at radius 1 is 1.21 bits per heavy atom. The van der Waals surface area contributed by atoms with Gasteiger partial charge in [-0.3, -0.25) is 4.79 Å². The highest BCUT2D eigenvalue weighted by molar-refractivity contribution is 6.30. The summed E-state index contributed by atoms with van der Waals surface area (Å²) < 4.78 is 0. The normalized spacial score (nSPS) is 22.9. The van der Waals surface area contributed by atoms with Gasteiger partial charge < -0.3 is 10.2 Å². The summed E-state index contributed by atoms with van der Waals surface area (Å²) in [6.45, 7) is 5.79. The summed E-state index contributed by atoms with van der Waals surface area (Å²) >= 11 is 5.94. The Hall–Kier alpha value is -1.70. The van der Waals surface area contributed by atoms with Crippen LogP contribution in [0.2, 0.25) is 5.02 Å². The van der Waals surface area contributed by atoms with E-state index in [0.29, 0.717) is 29.1 Å². The van der Waals surface area contributed by atoms with Crippen molar-refractivity contribution in [3.63, 3.8) is 0 Å². The van der Waals surface area contributed by atoms with Crippen LogP contribution in [0.1, 0.15) is 32.2 Å². The van der Waals surface area contributed by atoms with Crippen LogP contribution in [-0.4, -0.2) is 57.2 Å². The number of tetrazole rings is 1. The Kier molecular flexibility index (Phi) is 6.91. The molecule has 3 atom stereocenters. The van der Waals surface area contributed by atoms with Gasteiger partial charge in [0.05, 0.1) is 0 Å². The zero-order chi connectivity index (χ0) is 18.8. The van der Waals surface area contributed by atoms with E-state index < -0.39 is 6.04 Å². The average Bonchev–Trinajstić information content (AvgIpc) is 3.29. The van der Waals surface area contributed by atoms with Gasteiger partial charge in [0.1, 0.15) is 0 Å². The van der Waals surface area contributed by atoms with E-state index in [4.69, 9.17) is 11.6 Å². The van der Waals surface area contributed by atoms with Gasteiger partial charge in [0.15, 0.2) is 6.04 Å². The number of carbonyl (C=O) groups excluding carboxylic acids is 1.